The van der Waals surface area contributed by atoms with E-state index < -0.39 is 5.60 Å². The lowest BCUT2D eigenvalue weighted by Gasteiger charge is -2.34. The molecule has 1 aliphatic heterocycles. The van der Waals surface area contributed by atoms with Gasteiger partial charge in [0.15, 0.2) is 0 Å². The highest BCUT2D eigenvalue weighted by Gasteiger charge is 2.27. The number of rotatable bonds is 5. The van der Waals surface area contributed by atoms with E-state index in [0.717, 1.165) is 40.4 Å². The summed E-state index contributed by atoms with van der Waals surface area (Å²) in [6.07, 6.45) is 5.48. The molecule has 0 unspecified atom stereocenters. The van der Waals surface area contributed by atoms with Crippen LogP contribution in [0.2, 0.25) is 0 Å². The van der Waals surface area contributed by atoms with Crippen molar-refractivity contribution < 1.29 is 9.90 Å². The number of amides is 1. The molecule has 0 saturated carbocycles. The van der Waals surface area contributed by atoms with E-state index in [0.29, 0.717) is 18.7 Å². The number of carbonyl (C=O) groups is 1. The Morgan fingerprint density at radius 2 is 2.00 bits per heavy atom. The number of aliphatic hydroxyl groups is 1. The number of nitriles is 1. The third-order valence-corrected chi connectivity index (χ3v) is 5.87. The number of likely N-dealkylation sites (tertiary alicyclic amines) is 1. The Balaban J connectivity index is 1.54. The molecule has 0 bridgehead atoms. The normalized spacial score (nSPS) is 14.9. The van der Waals surface area contributed by atoms with E-state index in [1.807, 2.05) is 35.4 Å². The highest BCUT2D eigenvalue weighted by molar-refractivity contribution is 5.97. The lowest BCUT2D eigenvalue weighted by atomic mass is 9.97. The largest absolute Gasteiger partial charge is 0.390 e. The molecule has 1 amide bonds. The number of nitrogens with zero attached hydrogens (tertiary/aromatic N) is 3. The Bertz CT molecular complexity index is 1170. The summed E-state index contributed by atoms with van der Waals surface area (Å²) in [6.45, 7) is 4.68. The minimum Gasteiger partial charge on any atom is -0.390 e. The molecule has 0 spiro atoms. The fourth-order valence-electron chi connectivity index (χ4n) is 4.23. The first-order chi connectivity index (χ1) is 15.3. The van der Waals surface area contributed by atoms with Crippen molar-refractivity contribution >= 4 is 22.4 Å². The lowest BCUT2D eigenvalue weighted by Crippen LogP contribution is -2.44. The van der Waals surface area contributed by atoms with E-state index in [-0.39, 0.29) is 18.4 Å². The van der Waals surface area contributed by atoms with Gasteiger partial charge in [-0.25, -0.2) is 0 Å². The molecule has 1 fully saturated rings. The van der Waals surface area contributed by atoms with Gasteiger partial charge in [0, 0.05) is 42.6 Å². The molecule has 0 radical (unpaired) electrons. The number of nitrogens with one attached hydrogen (secondary N) is 1. The first-order valence-corrected chi connectivity index (χ1v) is 11.0. The number of hydrogen-bond donors (Lipinski definition) is 2. The lowest BCUT2D eigenvalue weighted by molar-refractivity contribution is -0.136. The third kappa shape index (κ3) is 5.06. The number of piperidine rings is 1. The van der Waals surface area contributed by atoms with Crippen LogP contribution in [0.15, 0.2) is 54.9 Å². The van der Waals surface area contributed by atoms with Crippen LogP contribution in [0.1, 0.15) is 38.7 Å². The molecular weight excluding hydrogens is 400 g/mol. The fourth-order valence-corrected chi connectivity index (χ4v) is 4.23. The van der Waals surface area contributed by atoms with Gasteiger partial charge in [-0.3, -0.25) is 9.78 Å². The van der Waals surface area contributed by atoms with Gasteiger partial charge >= 0.3 is 0 Å². The van der Waals surface area contributed by atoms with Gasteiger partial charge in [-0.2, -0.15) is 5.26 Å². The molecule has 0 aliphatic carbocycles. The zero-order chi connectivity index (χ0) is 22.7. The summed E-state index contributed by atoms with van der Waals surface area (Å²) >= 11 is 0. The first kappa shape index (κ1) is 21.8. The predicted molar refractivity (Wildman–Crippen MR) is 126 cm³/mol. The average molecular weight is 429 g/mol. The van der Waals surface area contributed by atoms with Crippen molar-refractivity contribution in [2.24, 2.45) is 0 Å². The van der Waals surface area contributed by atoms with E-state index in [1.165, 1.54) is 0 Å². The Morgan fingerprint density at radius 3 is 2.72 bits per heavy atom. The number of carbonyl (C=O) groups excluding carboxylic acids is 1. The number of benzene rings is 2. The monoisotopic (exact) mass is 428 g/mol. The summed E-state index contributed by atoms with van der Waals surface area (Å²) in [6, 6.07) is 16.3. The average Bonchev–Trinajstić information content (AvgIpc) is 2.78. The number of hydrogen-bond acceptors (Lipinski definition) is 5. The van der Waals surface area contributed by atoms with E-state index >= 15 is 0 Å². The first-order valence-electron chi connectivity index (χ1n) is 11.0. The third-order valence-electron chi connectivity index (χ3n) is 5.87. The van der Waals surface area contributed by atoms with Crippen LogP contribution in [-0.2, 0) is 4.79 Å². The minimum atomic E-state index is -0.985. The van der Waals surface area contributed by atoms with Gasteiger partial charge in [0.25, 0.3) is 0 Å². The molecule has 2 heterocycles. The molecule has 32 heavy (non-hydrogen) atoms. The summed E-state index contributed by atoms with van der Waals surface area (Å²) in [5, 5.41) is 25.0. The number of aromatic nitrogens is 1. The van der Waals surface area contributed by atoms with Crippen LogP contribution >= 0.6 is 0 Å². The van der Waals surface area contributed by atoms with Gasteiger partial charge in [-0.1, -0.05) is 12.1 Å². The van der Waals surface area contributed by atoms with Crippen molar-refractivity contribution in [1.82, 2.24) is 9.88 Å². The Kier molecular flexibility index (Phi) is 6.11. The molecule has 6 heteroatoms. The van der Waals surface area contributed by atoms with Gasteiger partial charge < -0.3 is 15.3 Å². The highest BCUT2D eigenvalue weighted by atomic mass is 16.3. The maximum absolute atomic E-state index is 12.4. The molecular formula is C26H28N4O2. The van der Waals surface area contributed by atoms with Gasteiger partial charge in [0.2, 0.25) is 5.91 Å². The summed E-state index contributed by atoms with van der Waals surface area (Å²) in [4.78, 5) is 18.6. The van der Waals surface area contributed by atoms with Crippen LogP contribution in [0.5, 0.6) is 0 Å². The second kappa shape index (κ2) is 8.97. The minimum absolute atomic E-state index is 0.00460. The van der Waals surface area contributed by atoms with Crippen molar-refractivity contribution in [2.75, 3.05) is 18.4 Å². The van der Waals surface area contributed by atoms with Crippen LogP contribution in [0.4, 0.5) is 5.69 Å². The summed E-state index contributed by atoms with van der Waals surface area (Å²) in [5.41, 5.74) is 2.70. The molecule has 164 valence electrons. The molecule has 1 aromatic heterocycles. The van der Waals surface area contributed by atoms with Crippen molar-refractivity contribution in [3.63, 3.8) is 0 Å². The fraction of sp³-hybridized carbons (Fsp3) is 0.346. The van der Waals surface area contributed by atoms with E-state index in [2.05, 4.69) is 28.5 Å². The van der Waals surface area contributed by atoms with Crippen LogP contribution in [0.3, 0.4) is 0 Å². The standard InChI is InChI=1S/C26H28N4O2/c1-26(2,32)15-25(31)30-10-7-22(8-11-30)29-24-14-21(13-20-6-9-28-17-23(20)24)19-5-3-4-18(12-19)16-27/h3-6,9,12-14,17,22,29,32H,7-8,10-11,15H2,1-2H3. The summed E-state index contributed by atoms with van der Waals surface area (Å²) in [7, 11) is 0. The van der Waals surface area contributed by atoms with Crippen LogP contribution in [-0.4, -0.2) is 45.6 Å². The smallest absolute Gasteiger partial charge is 0.225 e. The molecule has 1 aliphatic rings. The molecule has 4 rings (SSSR count). The Hall–Kier alpha value is -3.43. The maximum atomic E-state index is 12.4. The number of pyridine rings is 1. The van der Waals surface area contributed by atoms with Crippen molar-refractivity contribution in [2.45, 2.75) is 44.8 Å². The molecule has 6 nitrogen and oxygen atoms in total. The van der Waals surface area contributed by atoms with Crippen LogP contribution in [0, 0.1) is 11.3 Å². The highest BCUT2D eigenvalue weighted by Crippen LogP contribution is 2.32. The zero-order valence-corrected chi connectivity index (χ0v) is 18.5. The summed E-state index contributed by atoms with van der Waals surface area (Å²) in [5.74, 6) is 0.00460. The second-order valence-electron chi connectivity index (χ2n) is 9.10. The predicted octanol–water partition coefficient (Wildman–Crippen LogP) is 4.34. The van der Waals surface area contributed by atoms with Crippen molar-refractivity contribution in [3.05, 3.63) is 60.4 Å². The van der Waals surface area contributed by atoms with Gasteiger partial charge in [-0.15, -0.1) is 0 Å². The quantitative estimate of drug-likeness (QED) is 0.631. The summed E-state index contributed by atoms with van der Waals surface area (Å²) < 4.78 is 0. The van der Waals surface area contributed by atoms with Crippen molar-refractivity contribution in [3.8, 4) is 17.2 Å². The number of anilines is 1. The molecule has 2 aromatic carbocycles. The molecule has 1 saturated heterocycles. The van der Waals surface area contributed by atoms with Crippen molar-refractivity contribution in [1.29, 1.82) is 5.26 Å². The van der Waals surface area contributed by atoms with E-state index in [4.69, 9.17) is 0 Å². The van der Waals surface area contributed by atoms with Gasteiger partial charge in [0.1, 0.15) is 0 Å². The molecule has 3 aromatic rings. The molecule has 2 N–H and O–H groups in total. The van der Waals surface area contributed by atoms with Gasteiger partial charge in [-0.05, 0) is 73.5 Å². The van der Waals surface area contributed by atoms with Crippen LogP contribution < -0.4 is 5.32 Å². The Morgan fingerprint density at radius 1 is 1.22 bits per heavy atom. The SMILES string of the molecule is CC(C)(O)CC(=O)N1CCC(Nc2cc(-c3cccc(C#N)c3)cc3ccncc23)CC1. The second-order valence-corrected chi connectivity index (χ2v) is 9.10. The Labute approximate surface area is 188 Å². The zero-order valence-electron chi connectivity index (χ0n) is 18.5. The number of fused-ring (bicyclic) bond motifs is 1. The van der Waals surface area contributed by atoms with E-state index in [1.54, 1.807) is 26.1 Å². The maximum Gasteiger partial charge on any atom is 0.225 e. The van der Waals surface area contributed by atoms with E-state index in [9.17, 15) is 15.2 Å². The molecule has 0 atom stereocenters. The van der Waals surface area contributed by atoms with Gasteiger partial charge in [0.05, 0.1) is 23.7 Å². The van der Waals surface area contributed by atoms with Crippen LogP contribution in [0.25, 0.3) is 21.9 Å². The topological polar surface area (TPSA) is 89.2 Å².